The Kier molecular flexibility index (Phi) is 12.0. The van der Waals surface area contributed by atoms with Crippen LogP contribution in [0.3, 0.4) is 0 Å². The van der Waals surface area contributed by atoms with E-state index in [4.69, 9.17) is 28.0 Å². The van der Waals surface area contributed by atoms with Crippen LogP contribution in [0.25, 0.3) is 0 Å². The molecule has 0 aliphatic heterocycles. The number of hydrogen-bond acceptors (Lipinski definition) is 5. The standard InChI is InChI=1S/CH2F2O3S.BH3O3.Li.H/c2-1(3)7(4,5)6;2-1(3)4;;/h1H,(H,4,5,6);2-4H;;/q;;+1;-1. The predicted octanol–water partition coefficient (Wildman–Crippen LogP) is -4.84. The molecule has 0 aromatic carbocycles. The molecule has 70 valence electrons. The van der Waals surface area contributed by atoms with E-state index in [1.54, 1.807) is 0 Å². The third kappa shape index (κ3) is 22.4. The van der Waals surface area contributed by atoms with E-state index < -0.39 is 23.2 Å². The van der Waals surface area contributed by atoms with Crippen LogP contribution in [0, 0.1) is 0 Å². The molecule has 0 saturated heterocycles. The molecule has 0 aliphatic carbocycles. The second-order valence-electron chi connectivity index (χ2n) is 1.12. The Labute approximate surface area is 80.8 Å². The van der Waals surface area contributed by atoms with E-state index in [1.165, 1.54) is 0 Å². The molecule has 0 fully saturated rings. The molecule has 0 heterocycles. The van der Waals surface area contributed by atoms with Crippen LogP contribution in [-0.4, -0.2) is 41.1 Å². The summed E-state index contributed by atoms with van der Waals surface area (Å²) in [6, 6.07) is 0. The number of alkyl halides is 2. The minimum absolute atomic E-state index is 0. The van der Waals surface area contributed by atoms with Crippen molar-refractivity contribution in [1.82, 2.24) is 0 Å². The van der Waals surface area contributed by atoms with Crippen LogP contribution in [0.5, 0.6) is 0 Å². The van der Waals surface area contributed by atoms with Crippen LogP contribution in [0.2, 0.25) is 0 Å². The first-order valence-electron chi connectivity index (χ1n) is 1.96. The normalized spacial score (nSPS) is 9.58. The van der Waals surface area contributed by atoms with Crippen molar-refractivity contribution in [3.63, 3.8) is 0 Å². The summed E-state index contributed by atoms with van der Waals surface area (Å²) in [6.07, 6.45) is 0. The summed E-state index contributed by atoms with van der Waals surface area (Å²) in [7, 11) is -7.24. The van der Waals surface area contributed by atoms with Gasteiger partial charge in [0.1, 0.15) is 0 Å². The van der Waals surface area contributed by atoms with Crippen molar-refractivity contribution in [3.8, 4) is 0 Å². The van der Waals surface area contributed by atoms with E-state index in [0.717, 1.165) is 0 Å². The molecule has 6 nitrogen and oxygen atoms in total. The van der Waals surface area contributed by atoms with Crippen LogP contribution in [0.4, 0.5) is 8.78 Å². The van der Waals surface area contributed by atoms with E-state index in [2.05, 4.69) is 0 Å². The molecule has 0 radical (unpaired) electrons. The van der Waals surface area contributed by atoms with Gasteiger partial charge in [0, 0.05) is 0 Å². The first-order valence-corrected chi connectivity index (χ1v) is 3.47. The second-order valence-corrected chi connectivity index (χ2v) is 2.51. The van der Waals surface area contributed by atoms with Crippen LogP contribution >= 0.6 is 0 Å². The Balaban J connectivity index is -0.0000000600. The van der Waals surface area contributed by atoms with Gasteiger partial charge in [0.25, 0.3) is 0 Å². The van der Waals surface area contributed by atoms with Gasteiger partial charge in [0.05, 0.1) is 0 Å². The summed E-state index contributed by atoms with van der Waals surface area (Å²) in [4.78, 5) is 0. The zero-order chi connectivity index (χ0) is 9.65. The van der Waals surface area contributed by atoms with Crippen LogP contribution in [-0.2, 0) is 10.1 Å². The molecule has 0 saturated carbocycles. The zero-order valence-electron chi connectivity index (χ0n) is 6.92. The Morgan fingerprint density at radius 3 is 1.33 bits per heavy atom. The molecule has 0 unspecified atom stereocenters. The monoisotopic (exact) mass is 202 g/mol. The Morgan fingerprint density at radius 2 is 1.33 bits per heavy atom. The van der Waals surface area contributed by atoms with Crippen molar-refractivity contribution < 1.29 is 57.1 Å². The average Bonchev–Trinajstić information content (AvgIpc) is 1.59. The fraction of sp³-hybridized carbons (Fsp3) is 1.00. The molecule has 4 N–H and O–H groups in total. The summed E-state index contributed by atoms with van der Waals surface area (Å²) >= 11 is 0. The van der Waals surface area contributed by atoms with E-state index in [0.29, 0.717) is 0 Å². The Morgan fingerprint density at radius 1 is 1.25 bits per heavy atom. The van der Waals surface area contributed by atoms with Gasteiger partial charge >= 0.3 is 42.1 Å². The van der Waals surface area contributed by atoms with Gasteiger partial charge in [0.15, 0.2) is 0 Å². The third-order valence-electron chi connectivity index (χ3n) is 0.225. The van der Waals surface area contributed by atoms with Gasteiger partial charge in [-0.05, 0) is 0 Å². The minimum Gasteiger partial charge on any atom is -1.00 e. The summed E-state index contributed by atoms with van der Waals surface area (Å²) in [5.41, 5.74) is 0. The van der Waals surface area contributed by atoms with Gasteiger partial charge in [-0.2, -0.15) is 17.2 Å². The van der Waals surface area contributed by atoms with Gasteiger partial charge in [-0.25, -0.2) is 0 Å². The number of rotatable bonds is 1. The summed E-state index contributed by atoms with van der Waals surface area (Å²) in [5, 5.41) is 21.5. The Bertz CT molecular complexity index is 182. The maximum absolute atomic E-state index is 10.7. The average molecular weight is 202 g/mol. The minimum atomic E-state index is -5.07. The van der Waals surface area contributed by atoms with E-state index in [9.17, 15) is 8.78 Å². The molecule has 0 aromatic heterocycles. The zero-order valence-corrected chi connectivity index (χ0v) is 6.74. The Hall–Kier alpha value is 0.312. The molecule has 0 atom stereocenters. The third-order valence-corrected chi connectivity index (χ3v) is 0.675. The van der Waals surface area contributed by atoms with Gasteiger partial charge < -0.3 is 16.5 Å². The molecule has 0 amide bonds. The maximum atomic E-state index is 10.7. The van der Waals surface area contributed by atoms with Gasteiger partial charge in [-0.1, -0.05) is 0 Å². The van der Waals surface area contributed by atoms with Gasteiger partial charge in [-0.15, -0.1) is 0 Å². The molecule has 0 spiro atoms. The molecular weight excluding hydrogens is 196 g/mol. The van der Waals surface area contributed by atoms with Crippen molar-refractivity contribution >= 4 is 17.4 Å². The van der Waals surface area contributed by atoms with Crippen molar-refractivity contribution in [1.29, 1.82) is 0 Å². The molecule has 12 heavy (non-hydrogen) atoms. The second kappa shape index (κ2) is 7.94. The van der Waals surface area contributed by atoms with Crippen molar-refractivity contribution in [2.45, 2.75) is 5.76 Å². The molecule has 0 bridgehead atoms. The van der Waals surface area contributed by atoms with Gasteiger partial charge in [0.2, 0.25) is 0 Å². The van der Waals surface area contributed by atoms with Crippen molar-refractivity contribution in [2.24, 2.45) is 0 Å². The summed E-state index contributed by atoms with van der Waals surface area (Å²) in [6.45, 7) is 0. The fourth-order valence-electron chi connectivity index (χ4n) is 0. The molecule has 11 heteroatoms. The molecule has 0 rings (SSSR count). The van der Waals surface area contributed by atoms with Crippen molar-refractivity contribution in [3.05, 3.63) is 0 Å². The fourth-order valence-corrected chi connectivity index (χ4v) is 0. The summed E-state index contributed by atoms with van der Waals surface area (Å²) < 4.78 is 47.0. The smallest absolute Gasteiger partial charge is 1.00 e. The van der Waals surface area contributed by atoms with E-state index >= 15 is 0 Å². The maximum Gasteiger partial charge on any atom is 1.00 e. The van der Waals surface area contributed by atoms with Crippen LogP contribution < -0.4 is 18.9 Å². The van der Waals surface area contributed by atoms with E-state index in [1.807, 2.05) is 0 Å². The van der Waals surface area contributed by atoms with Crippen LogP contribution in [0.15, 0.2) is 0 Å². The number of halogens is 2. The van der Waals surface area contributed by atoms with Crippen LogP contribution in [0.1, 0.15) is 1.43 Å². The predicted molar refractivity (Wildman–Crippen MR) is 31.1 cm³/mol. The number of hydrogen-bond donors (Lipinski definition) is 4. The SMILES string of the molecule is O=S(=O)(O)C(F)F.OB(O)O.[H-].[Li+]. The van der Waals surface area contributed by atoms with Gasteiger partial charge in [-0.3, -0.25) is 4.55 Å². The molecule has 0 aliphatic rings. The largest absolute Gasteiger partial charge is 1.00 e. The first kappa shape index (κ1) is 18.2. The molecule has 0 aromatic rings. The topological polar surface area (TPSA) is 115 Å². The quantitative estimate of drug-likeness (QED) is 0.250. The first-order chi connectivity index (χ1) is 4.68. The van der Waals surface area contributed by atoms with Crippen molar-refractivity contribution in [2.75, 3.05) is 0 Å². The molecular formula is CH6BF2LiO6S. The van der Waals surface area contributed by atoms with E-state index in [-0.39, 0.29) is 20.3 Å². The summed E-state index contributed by atoms with van der Waals surface area (Å²) in [5.74, 6) is -3.67.